The number of anilines is 2. The highest BCUT2D eigenvalue weighted by Crippen LogP contribution is 2.32. The van der Waals surface area contributed by atoms with Crippen LogP contribution in [0.4, 0.5) is 11.8 Å². The topological polar surface area (TPSA) is 105 Å². The van der Waals surface area contributed by atoms with Gasteiger partial charge in [0.2, 0.25) is 5.95 Å². The van der Waals surface area contributed by atoms with E-state index in [1.807, 2.05) is 20.2 Å². The first kappa shape index (κ1) is 19.1. The number of morpholine rings is 1. The second-order valence-corrected chi connectivity index (χ2v) is 7.27. The molecule has 0 unspecified atom stereocenters. The Morgan fingerprint density at radius 3 is 2.63 bits per heavy atom. The largest absolute Gasteiger partial charge is 0.481 e. The lowest BCUT2D eigenvalue weighted by molar-refractivity contribution is -0.142. The zero-order valence-electron chi connectivity index (χ0n) is 16.1. The van der Waals surface area contributed by atoms with Crippen LogP contribution in [0.3, 0.4) is 0 Å². The molecular formula is C18H26N6O3. The number of nitrogens with zero attached hydrogens (tertiary/aromatic N) is 5. The van der Waals surface area contributed by atoms with Gasteiger partial charge in [-0.05, 0) is 20.8 Å². The molecule has 0 radical (unpaired) electrons. The van der Waals surface area contributed by atoms with E-state index in [0.717, 1.165) is 5.56 Å². The molecule has 9 nitrogen and oxygen atoms in total. The Bertz CT molecular complexity index is 813. The van der Waals surface area contributed by atoms with Crippen LogP contribution in [0.15, 0.2) is 18.6 Å². The molecule has 0 amide bonds. The fraction of sp³-hybridized carbons (Fsp3) is 0.556. The van der Waals surface area contributed by atoms with E-state index in [1.165, 1.54) is 0 Å². The lowest BCUT2D eigenvalue weighted by atomic mass is 9.85. The first-order chi connectivity index (χ1) is 12.8. The molecule has 3 rings (SSSR count). The number of aromatic nitrogens is 4. The van der Waals surface area contributed by atoms with Gasteiger partial charge in [-0.3, -0.25) is 9.48 Å². The van der Waals surface area contributed by atoms with E-state index in [2.05, 4.69) is 25.3 Å². The Morgan fingerprint density at radius 2 is 2.04 bits per heavy atom. The van der Waals surface area contributed by atoms with Crippen molar-refractivity contribution in [2.75, 3.05) is 36.5 Å². The summed E-state index contributed by atoms with van der Waals surface area (Å²) in [5, 5.41) is 17.1. The minimum atomic E-state index is -1.10. The molecule has 0 aromatic carbocycles. The zero-order chi connectivity index (χ0) is 19.6. The minimum absolute atomic E-state index is 0.0328. The molecule has 2 N–H and O–H groups in total. The summed E-state index contributed by atoms with van der Waals surface area (Å²) < 4.78 is 7.16. The molecule has 3 heterocycles. The van der Waals surface area contributed by atoms with Crippen molar-refractivity contribution >= 4 is 17.7 Å². The van der Waals surface area contributed by atoms with Gasteiger partial charge in [-0.2, -0.15) is 10.1 Å². The Morgan fingerprint density at radius 1 is 1.33 bits per heavy atom. The highest BCUT2D eigenvalue weighted by Gasteiger charge is 2.35. The Hall–Kier alpha value is -2.68. The molecule has 2 aromatic rings. The van der Waals surface area contributed by atoms with Crippen molar-refractivity contribution in [1.29, 1.82) is 0 Å². The maximum absolute atomic E-state index is 11.8. The van der Waals surface area contributed by atoms with Crippen LogP contribution < -0.4 is 10.2 Å². The molecule has 0 spiro atoms. The van der Waals surface area contributed by atoms with Gasteiger partial charge in [0.05, 0.1) is 30.9 Å². The molecule has 1 saturated heterocycles. The first-order valence-corrected chi connectivity index (χ1v) is 8.97. The molecule has 1 fully saturated rings. The third kappa shape index (κ3) is 4.02. The summed E-state index contributed by atoms with van der Waals surface area (Å²) in [6.45, 7) is 7.85. The maximum Gasteiger partial charge on any atom is 0.313 e. The van der Waals surface area contributed by atoms with Crippen molar-refractivity contribution in [1.82, 2.24) is 19.7 Å². The number of carbonyl (C=O) groups is 1. The number of ether oxygens (including phenoxy) is 1. The lowest BCUT2D eigenvalue weighted by Gasteiger charge is -2.32. The van der Waals surface area contributed by atoms with E-state index in [1.54, 1.807) is 30.9 Å². The van der Waals surface area contributed by atoms with Crippen LogP contribution in [0.2, 0.25) is 0 Å². The van der Waals surface area contributed by atoms with E-state index in [4.69, 9.17) is 4.74 Å². The molecule has 1 aliphatic heterocycles. The van der Waals surface area contributed by atoms with Crippen molar-refractivity contribution in [2.45, 2.75) is 32.2 Å². The standard InChI is InChI=1S/C18H26N6O3/c1-12(13-9-20-23(4)11-13)21-17-19-10-14(18(2,3)16(25)26)15(22-17)24-5-7-27-8-6-24/h9-12H,5-8H2,1-4H3,(H,25,26)(H,19,21,22)/t12-/m0/s1. The van der Waals surface area contributed by atoms with Gasteiger partial charge in [-0.1, -0.05) is 0 Å². The smallest absolute Gasteiger partial charge is 0.313 e. The quantitative estimate of drug-likeness (QED) is 0.785. The second kappa shape index (κ2) is 7.51. The van der Waals surface area contributed by atoms with Crippen LogP contribution in [0.5, 0.6) is 0 Å². The van der Waals surface area contributed by atoms with E-state index >= 15 is 0 Å². The number of rotatable bonds is 6. The van der Waals surface area contributed by atoms with Crippen molar-refractivity contribution in [3.8, 4) is 0 Å². The summed E-state index contributed by atoms with van der Waals surface area (Å²) in [5.74, 6) is 0.185. The number of nitrogens with one attached hydrogen (secondary N) is 1. The molecule has 0 saturated carbocycles. The Kier molecular flexibility index (Phi) is 5.31. The Balaban J connectivity index is 1.93. The molecule has 2 aromatic heterocycles. The van der Waals surface area contributed by atoms with E-state index in [0.29, 0.717) is 43.6 Å². The second-order valence-electron chi connectivity index (χ2n) is 7.27. The van der Waals surface area contributed by atoms with Crippen LogP contribution in [-0.4, -0.2) is 57.1 Å². The lowest BCUT2D eigenvalue weighted by Crippen LogP contribution is -2.40. The van der Waals surface area contributed by atoms with E-state index < -0.39 is 11.4 Å². The van der Waals surface area contributed by atoms with Crippen molar-refractivity contribution < 1.29 is 14.6 Å². The van der Waals surface area contributed by atoms with E-state index in [9.17, 15) is 9.90 Å². The van der Waals surface area contributed by atoms with Gasteiger partial charge in [0.15, 0.2) is 0 Å². The highest BCUT2D eigenvalue weighted by atomic mass is 16.5. The monoisotopic (exact) mass is 374 g/mol. The summed E-state index contributed by atoms with van der Waals surface area (Å²) in [5.41, 5.74) is 0.515. The van der Waals surface area contributed by atoms with Crippen LogP contribution in [0, 0.1) is 0 Å². The summed E-state index contributed by atoms with van der Waals surface area (Å²) in [7, 11) is 1.87. The van der Waals surface area contributed by atoms with Crippen molar-refractivity contribution in [3.05, 3.63) is 29.7 Å². The van der Waals surface area contributed by atoms with Gasteiger partial charge in [-0.15, -0.1) is 0 Å². The molecule has 27 heavy (non-hydrogen) atoms. The van der Waals surface area contributed by atoms with Gasteiger partial charge in [0.25, 0.3) is 0 Å². The molecular weight excluding hydrogens is 348 g/mol. The summed E-state index contributed by atoms with van der Waals surface area (Å²) >= 11 is 0. The first-order valence-electron chi connectivity index (χ1n) is 8.97. The maximum atomic E-state index is 11.8. The van der Waals surface area contributed by atoms with E-state index in [-0.39, 0.29) is 6.04 Å². The number of aliphatic carboxylic acids is 1. The third-order valence-corrected chi connectivity index (χ3v) is 4.86. The number of carboxylic acid groups (broad SMARTS) is 1. The minimum Gasteiger partial charge on any atom is -0.481 e. The SMILES string of the molecule is C[C@H](Nc1ncc(C(C)(C)C(=O)O)c(N2CCOCC2)n1)c1cnn(C)c1. The predicted octanol–water partition coefficient (Wildman–Crippen LogP) is 1.58. The van der Waals surface area contributed by atoms with Crippen LogP contribution in [-0.2, 0) is 22.0 Å². The number of hydrogen-bond donors (Lipinski definition) is 2. The van der Waals surface area contributed by atoms with Crippen molar-refractivity contribution in [2.24, 2.45) is 7.05 Å². The predicted molar refractivity (Wildman–Crippen MR) is 101 cm³/mol. The molecule has 1 atom stereocenters. The summed E-state index contributed by atoms with van der Waals surface area (Å²) in [6, 6.07) is -0.0328. The average Bonchev–Trinajstić information content (AvgIpc) is 3.08. The van der Waals surface area contributed by atoms with Gasteiger partial charge in [0.1, 0.15) is 5.82 Å². The van der Waals surface area contributed by atoms with Crippen LogP contribution >= 0.6 is 0 Å². The molecule has 9 heteroatoms. The summed E-state index contributed by atoms with van der Waals surface area (Å²) in [6.07, 6.45) is 5.34. The number of aryl methyl sites for hydroxylation is 1. The van der Waals surface area contributed by atoms with Crippen molar-refractivity contribution in [3.63, 3.8) is 0 Å². The Labute approximate surface area is 158 Å². The summed E-state index contributed by atoms with van der Waals surface area (Å²) in [4.78, 5) is 22.9. The molecule has 1 aliphatic rings. The molecule has 0 aliphatic carbocycles. The fourth-order valence-corrected chi connectivity index (χ4v) is 2.96. The number of hydrogen-bond acceptors (Lipinski definition) is 7. The highest BCUT2D eigenvalue weighted by molar-refractivity contribution is 5.82. The van der Waals surface area contributed by atoms with Crippen LogP contribution in [0.1, 0.15) is 37.9 Å². The zero-order valence-corrected chi connectivity index (χ0v) is 16.1. The molecule has 146 valence electrons. The molecule has 0 bridgehead atoms. The van der Waals surface area contributed by atoms with Gasteiger partial charge >= 0.3 is 5.97 Å². The van der Waals surface area contributed by atoms with Gasteiger partial charge in [-0.25, -0.2) is 4.98 Å². The normalized spacial score (nSPS) is 16.2. The van der Waals surface area contributed by atoms with Gasteiger partial charge in [0, 0.05) is 43.7 Å². The fourth-order valence-electron chi connectivity index (χ4n) is 2.96. The number of carboxylic acids is 1. The third-order valence-electron chi connectivity index (χ3n) is 4.86. The van der Waals surface area contributed by atoms with Gasteiger partial charge < -0.3 is 20.1 Å². The van der Waals surface area contributed by atoms with Crippen LogP contribution in [0.25, 0.3) is 0 Å². The average molecular weight is 374 g/mol.